The smallest absolute Gasteiger partial charge is 0.255 e. The summed E-state index contributed by atoms with van der Waals surface area (Å²) in [6, 6.07) is 3.65. The number of ether oxygens (including phenoxy) is 1. The van der Waals surface area contributed by atoms with Gasteiger partial charge in [-0.05, 0) is 31.9 Å². The molecule has 0 saturated carbocycles. The molecule has 6 nitrogen and oxygen atoms in total. The minimum Gasteiger partial charge on any atom is -0.381 e. The summed E-state index contributed by atoms with van der Waals surface area (Å²) >= 11 is 0. The Morgan fingerprint density at radius 2 is 2.00 bits per heavy atom. The van der Waals surface area contributed by atoms with Crippen molar-refractivity contribution >= 4 is 11.8 Å². The van der Waals surface area contributed by atoms with E-state index in [1.54, 1.807) is 25.2 Å². The number of hydrogen-bond donors (Lipinski definition) is 0. The first-order valence-electron chi connectivity index (χ1n) is 8.44. The molecule has 1 unspecified atom stereocenters. The van der Waals surface area contributed by atoms with Crippen molar-refractivity contribution in [2.24, 2.45) is 11.3 Å². The highest BCUT2D eigenvalue weighted by atomic mass is 16.5. The van der Waals surface area contributed by atoms with Gasteiger partial charge in [0, 0.05) is 57.7 Å². The summed E-state index contributed by atoms with van der Waals surface area (Å²) in [7, 11) is 3.56. The molecule has 1 aromatic rings. The van der Waals surface area contributed by atoms with E-state index in [2.05, 4.69) is 4.98 Å². The zero-order chi connectivity index (χ0) is 17.3. The Kier molecular flexibility index (Phi) is 4.58. The number of carbonyl (C=O) groups is 2. The Morgan fingerprint density at radius 1 is 1.29 bits per heavy atom. The standard InChI is InChI=1S/C18H25N3O3/c1-13-4-5-14(10-19-13)16(22)21-11-15(17(23)20(2)3)18(12-21)6-8-24-9-7-18/h4-5,10,15H,6-9,11-12H2,1-3H3. The van der Waals surface area contributed by atoms with Gasteiger partial charge < -0.3 is 14.5 Å². The largest absolute Gasteiger partial charge is 0.381 e. The highest BCUT2D eigenvalue weighted by molar-refractivity contribution is 5.95. The van der Waals surface area contributed by atoms with Crippen molar-refractivity contribution in [2.75, 3.05) is 40.4 Å². The Morgan fingerprint density at radius 3 is 2.58 bits per heavy atom. The van der Waals surface area contributed by atoms with Gasteiger partial charge in [0.1, 0.15) is 0 Å². The van der Waals surface area contributed by atoms with Gasteiger partial charge in [0.2, 0.25) is 5.91 Å². The second-order valence-corrected chi connectivity index (χ2v) is 7.13. The third-order valence-electron chi connectivity index (χ3n) is 5.32. The van der Waals surface area contributed by atoms with Crippen LogP contribution in [0.3, 0.4) is 0 Å². The second-order valence-electron chi connectivity index (χ2n) is 7.13. The summed E-state index contributed by atoms with van der Waals surface area (Å²) < 4.78 is 5.50. The molecule has 3 rings (SSSR count). The van der Waals surface area contributed by atoms with Crippen LogP contribution in [0.1, 0.15) is 28.9 Å². The normalized spacial score (nSPS) is 22.6. The van der Waals surface area contributed by atoms with Crippen LogP contribution in [0.15, 0.2) is 18.3 Å². The monoisotopic (exact) mass is 331 g/mol. The molecule has 0 N–H and O–H groups in total. The molecule has 2 aliphatic rings. The Hall–Kier alpha value is -1.95. The van der Waals surface area contributed by atoms with Gasteiger partial charge in [-0.15, -0.1) is 0 Å². The number of rotatable bonds is 2. The number of likely N-dealkylation sites (tertiary alicyclic amines) is 1. The minimum absolute atomic E-state index is 0.0394. The maximum Gasteiger partial charge on any atom is 0.255 e. The van der Waals surface area contributed by atoms with Crippen LogP contribution in [0.2, 0.25) is 0 Å². The summed E-state index contributed by atoms with van der Waals surface area (Å²) in [6.07, 6.45) is 3.27. The quantitative estimate of drug-likeness (QED) is 0.821. The topological polar surface area (TPSA) is 62.7 Å². The molecule has 0 aromatic carbocycles. The molecule has 0 bridgehead atoms. The van der Waals surface area contributed by atoms with Crippen LogP contribution in [0.5, 0.6) is 0 Å². The lowest BCUT2D eigenvalue weighted by Gasteiger charge is -2.37. The number of carbonyl (C=O) groups excluding carboxylic acids is 2. The lowest BCUT2D eigenvalue weighted by atomic mass is 9.71. The van der Waals surface area contributed by atoms with Crippen molar-refractivity contribution in [3.63, 3.8) is 0 Å². The molecule has 24 heavy (non-hydrogen) atoms. The molecular weight excluding hydrogens is 306 g/mol. The van der Waals surface area contributed by atoms with Gasteiger partial charge in [-0.25, -0.2) is 0 Å². The Labute approximate surface area is 142 Å². The van der Waals surface area contributed by atoms with E-state index in [-0.39, 0.29) is 23.1 Å². The van der Waals surface area contributed by atoms with Crippen molar-refractivity contribution in [1.82, 2.24) is 14.8 Å². The predicted molar refractivity (Wildman–Crippen MR) is 89.5 cm³/mol. The summed E-state index contributed by atoms with van der Waals surface area (Å²) in [5.41, 5.74) is 1.31. The molecule has 2 fully saturated rings. The fourth-order valence-corrected chi connectivity index (χ4v) is 3.84. The average molecular weight is 331 g/mol. The van der Waals surface area contributed by atoms with E-state index in [0.717, 1.165) is 18.5 Å². The Balaban J connectivity index is 1.84. The molecule has 6 heteroatoms. The van der Waals surface area contributed by atoms with E-state index >= 15 is 0 Å². The molecule has 2 aliphatic heterocycles. The predicted octanol–water partition coefficient (Wildman–Crippen LogP) is 1.35. The highest BCUT2D eigenvalue weighted by Gasteiger charge is 2.52. The fourth-order valence-electron chi connectivity index (χ4n) is 3.84. The molecule has 3 heterocycles. The van der Waals surface area contributed by atoms with E-state index in [9.17, 15) is 9.59 Å². The lowest BCUT2D eigenvalue weighted by Crippen LogP contribution is -2.44. The van der Waals surface area contributed by atoms with Crippen molar-refractivity contribution < 1.29 is 14.3 Å². The summed E-state index contributed by atoms with van der Waals surface area (Å²) in [4.78, 5) is 33.2. The summed E-state index contributed by atoms with van der Waals surface area (Å²) in [5, 5.41) is 0. The van der Waals surface area contributed by atoms with Crippen molar-refractivity contribution in [2.45, 2.75) is 19.8 Å². The van der Waals surface area contributed by atoms with Gasteiger partial charge >= 0.3 is 0 Å². The number of aromatic nitrogens is 1. The van der Waals surface area contributed by atoms with Gasteiger partial charge in [0.15, 0.2) is 0 Å². The number of aryl methyl sites for hydroxylation is 1. The minimum atomic E-state index is -0.159. The summed E-state index contributed by atoms with van der Waals surface area (Å²) in [6.45, 7) is 4.31. The first-order valence-corrected chi connectivity index (χ1v) is 8.44. The second kappa shape index (κ2) is 6.51. The van der Waals surface area contributed by atoms with Gasteiger partial charge in [0.05, 0.1) is 11.5 Å². The lowest BCUT2D eigenvalue weighted by molar-refractivity contribution is -0.138. The first kappa shape index (κ1) is 16.9. The average Bonchev–Trinajstić information content (AvgIpc) is 2.93. The van der Waals surface area contributed by atoms with Crippen molar-refractivity contribution in [1.29, 1.82) is 0 Å². The third kappa shape index (κ3) is 3.02. The van der Waals surface area contributed by atoms with Crippen LogP contribution in [0.4, 0.5) is 0 Å². The first-order chi connectivity index (χ1) is 11.4. The molecule has 2 amide bonds. The zero-order valence-electron chi connectivity index (χ0n) is 14.6. The van der Waals surface area contributed by atoms with Crippen molar-refractivity contribution in [3.05, 3.63) is 29.6 Å². The molecule has 0 aliphatic carbocycles. The van der Waals surface area contributed by atoms with Crippen LogP contribution in [-0.4, -0.2) is 67.0 Å². The fraction of sp³-hybridized carbons (Fsp3) is 0.611. The van der Waals surface area contributed by atoms with Crippen LogP contribution >= 0.6 is 0 Å². The van der Waals surface area contributed by atoms with E-state index in [1.807, 2.05) is 24.0 Å². The van der Waals surface area contributed by atoms with E-state index in [4.69, 9.17) is 4.74 Å². The van der Waals surface area contributed by atoms with Gasteiger partial charge in [0.25, 0.3) is 5.91 Å². The maximum atomic E-state index is 12.9. The van der Waals surface area contributed by atoms with Crippen molar-refractivity contribution in [3.8, 4) is 0 Å². The van der Waals surface area contributed by atoms with Crippen LogP contribution in [0.25, 0.3) is 0 Å². The highest BCUT2D eigenvalue weighted by Crippen LogP contribution is 2.45. The van der Waals surface area contributed by atoms with Gasteiger partial charge in [-0.3, -0.25) is 14.6 Å². The third-order valence-corrected chi connectivity index (χ3v) is 5.32. The number of nitrogens with zero attached hydrogens (tertiary/aromatic N) is 3. The molecule has 1 spiro atoms. The van der Waals surface area contributed by atoms with E-state index in [1.165, 1.54) is 0 Å². The number of hydrogen-bond acceptors (Lipinski definition) is 4. The number of pyridine rings is 1. The van der Waals surface area contributed by atoms with Gasteiger partial charge in [-0.1, -0.05) is 0 Å². The van der Waals surface area contributed by atoms with E-state index in [0.29, 0.717) is 31.9 Å². The Bertz CT molecular complexity index is 621. The molecule has 1 aromatic heterocycles. The SMILES string of the molecule is Cc1ccc(C(=O)N2CC(C(=O)N(C)C)C3(CCOCC3)C2)cn1. The van der Waals surface area contributed by atoms with Crippen LogP contribution in [-0.2, 0) is 9.53 Å². The molecular formula is C18H25N3O3. The molecule has 2 saturated heterocycles. The van der Waals surface area contributed by atoms with Gasteiger partial charge in [-0.2, -0.15) is 0 Å². The maximum absolute atomic E-state index is 12.9. The van der Waals surface area contributed by atoms with E-state index < -0.39 is 0 Å². The molecule has 1 atom stereocenters. The summed E-state index contributed by atoms with van der Waals surface area (Å²) in [5.74, 6) is -0.0876. The van der Waals surface area contributed by atoms with Crippen LogP contribution in [0, 0.1) is 18.3 Å². The zero-order valence-corrected chi connectivity index (χ0v) is 14.6. The number of amides is 2. The molecule has 130 valence electrons. The molecule has 0 radical (unpaired) electrons. The van der Waals surface area contributed by atoms with Crippen LogP contribution < -0.4 is 0 Å².